The zero-order valence-corrected chi connectivity index (χ0v) is 12.7. The van der Waals surface area contributed by atoms with Gasteiger partial charge < -0.3 is 14.7 Å². The zero-order chi connectivity index (χ0) is 14.4. The molecule has 0 saturated carbocycles. The lowest BCUT2D eigenvalue weighted by Gasteiger charge is -2.36. The predicted molar refractivity (Wildman–Crippen MR) is 82.2 cm³/mol. The van der Waals surface area contributed by atoms with Crippen LogP contribution in [-0.4, -0.2) is 42.9 Å². The van der Waals surface area contributed by atoms with Crippen molar-refractivity contribution >= 4 is 0 Å². The minimum Gasteiger partial charge on any atom is -0.497 e. The molecule has 0 bridgehead atoms. The van der Waals surface area contributed by atoms with Gasteiger partial charge in [0.15, 0.2) is 0 Å². The third-order valence-electron chi connectivity index (χ3n) is 4.44. The fourth-order valence-electron chi connectivity index (χ4n) is 3.00. The first-order chi connectivity index (χ1) is 9.72. The van der Waals surface area contributed by atoms with Gasteiger partial charge in [0.1, 0.15) is 5.75 Å². The second-order valence-corrected chi connectivity index (χ2v) is 5.92. The summed E-state index contributed by atoms with van der Waals surface area (Å²) < 4.78 is 5.18. The number of likely N-dealkylation sites (tertiary alicyclic amines) is 1. The molecule has 0 aliphatic carbocycles. The van der Waals surface area contributed by atoms with Crippen LogP contribution in [0.1, 0.15) is 31.7 Å². The Morgan fingerprint density at radius 3 is 2.75 bits per heavy atom. The molecule has 1 N–H and O–H groups in total. The average molecular weight is 277 g/mol. The van der Waals surface area contributed by atoms with Gasteiger partial charge in [-0.1, -0.05) is 12.1 Å². The van der Waals surface area contributed by atoms with Crippen molar-refractivity contribution in [3.05, 3.63) is 29.8 Å². The van der Waals surface area contributed by atoms with Crippen molar-refractivity contribution in [1.29, 1.82) is 0 Å². The first-order valence-corrected chi connectivity index (χ1v) is 7.70. The third-order valence-corrected chi connectivity index (χ3v) is 4.44. The Labute approximate surface area is 122 Å². The van der Waals surface area contributed by atoms with E-state index in [2.05, 4.69) is 24.0 Å². The summed E-state index contributed by atoms with van der Waals surface area (Å²) in [6.45, 7) is 4.88. The SMILES string of the molecule is COc1ccc(CC[C@@H](C)N2CCC[C@@H](CO)C2)cc1. The topological polar surface area (TPSA) is 32.7 Å². The van der Waals surface area contributed by atoms with Gasteiger partial charge in [-0.2, -0.15) is 0 Å². The number of ether oxygens (including phenoxy) is 1. The van der Waals surface area contributed by atoms with E-state index in [-0.39, 0.29) is 0 Å². The standard InChI is InChI=1S/C17H27NO2/c1-14(18-11-3-4-16(12-18)13-19)5-6-15-7-9-17(20-2)10-8-15/h7-10,14,16,19H,3-6,11-13H2,1-2H3/t14-,16-/m1/s1. The summed E-state index contributed by atoms with van der Waals surface area (Å²) in [6.07, 6.45) is 4.67. The normalized spacial score (nSPS) is 21.6. The fourth-order valence-corrected chi connectivity index (χ4v) is 3.00. The lowest BCUT2D eigenvalue weighted by molar-refractivity contribution is 0.0906. The number of aliphatic hydroxyl groups excluding tert-OH is 1. The number of rotatable bonds is 6. The number of benzene rings is 1. The lowest BCUT2D eigenvalue weighted by atomic mass is 9.96. The molecule has 3 heteroatoms. The van der Waals surface area contributed by atoms with Crippen LogP contribution in [0.15, 0.2) is 24.3 Å². The molecule has 1 heterocycles. The van der Waals surface area contributed by atoms with E-state index >= 15 is 0 Å². The minimum atomic E-state index is 0.335. The summed E-state index contributed by atoms with van der Waals surface area (Å²) >= 11 is 0. The Morgan fingerprint density at radius 2 is 2.10 bits per heavy atom. The number of hydrogen-bond donors (Lipinski definition) is 1. The molecule has 0 amide bonds. The minimum absolute atomic E-state index is 0.335. The molecule has 2 atom stereocenters. The quantitative estimate of drug-likeness (QED) is 0.868. The van der Waals surface area contributed by atoms with Gasteiger partial charge in [-0.3, -0.25) is 0 Å². The van der Waals surface area contributed by atoms with Crippen LogP contribution in [0.2, 0.25) is 0 Å². The number of aryl methyl sites for hydroxylation is 1. The van der Waals surface area contributed by atoms with Crippen LogP contribution in [0.4, 0.5) is 0 Å². The fraction of sp³-hybridized carbons (Fsp3) is 0.647. The molecule has 112 valence electrons. The van der Waals surface area contributed by atoms with E-state index < -0.39 is 0 Å². The van der Waals surface area contributed by atoms with E-state index in [4.69, 9.17) is 4.74 Å². The van der Waals surface area contributed by atoms with Crippen LogP contribution < -0.4 is 4.74 Å². The van der Waals surface area contributed by atoms with Gasteiger partial charge in [0.2, 0.25) is 0 Å². The Morgan fingerprint density at radius 1 is 1.35 bits per heavy atom. The first kappa shape index (κ1) is 15.3. The van der Waals surface area contributed by atoms with E-state index in [1.54, 1.807) is 7.11 Å². The largest absolute Gasteiger partial charge is 0.497 e. The number of nitrogens with zero attached hydrogens (tertiary/aromatic N) is 1. The molecule has 20 heavy (non-hydrogen) atoms. The highest BCUT2D eigenvalue weighted by molar-refractivity contribution is 5.27. The number of piperidine rings is 1. The number of methoxy groups -OCH3 is 1. The first-order valence-electron chi connectivity index (χ1n) is 7.70. The van der Waals surface area contributed by atoms with Crippen LogP contribution in [0.5, 0.6) is 5.75 Å². The van der Waals surface area contributed by atoms with E-state index in [0.717, 1.165) is 18.7 Å². The number of hydrogen-bond acceptors (Lipinski definition) is 3. The van der Waals surface area contributed by atoms with Gasteiger partial charge in [0.25, 0.3) is 0 Å². The molecule has 0 unspecified atom stereocenters. The van der Waals surface area contributed by atoms with Crippen molar-refractivity contribution in [3.8, 4) is 5.75 Å². The Kier molecular flexibility index (Phi) is 5.86. The summed E-state index contributed by atoms with van der Waals surface area (Å²) in [5.41, 5.74) is 1.37. The molecule has 2 rings (SSSR count). The van der Waals surface area contributed by atoms with Crippen molar-refractivity contribution in [2.75, 3.05) is 26.8 Å². The molecule has 1 aromatic carbocycles. The number of aliphatic hydroxyl groups is 1. The van der Waals surface area contributed by atoms with Gasteiger partial charge >= 0.3 is 0 Å². The van der Waals surface area contributed by atoms with Gasteiger partial charge in [-0.15, -0.1) is 0 Å². The summed E-state index contributed by atoms with van der Waals surface area (Å²) in [6, 6.07) is 8.95. The van der Waals surface area contributed by atoms with Crippen LogP contribution in [0.3, 0.4) is 0 Å². The van der Waals surface area contributed by atoms with Gasteiger partial charge in [0.05, 0.1) is 7.11 Å². The predicted octanol–water partition coefficient (Wildman–Crippen LogP) is 2.72. The van der Waals surface area contributed by atoms with Crippen molar-refractivity contribution in [2.45, 2.75) is 38.6 Å². The molecule has 1 aliphatic heterocycles. The van der Waals surface area contributed by atoms with Crippen molar-refractivity contribution < 1.29 is 9.84 Å². The average Bonchev–Trinajstić information content (AvgIpc) is 2.53. The lowest BCUT2D eigenvalue weighted by Crippen LogP contribution is -2.42. The smallest absolute Gasteiger partial charge is 0.118 e. The maximum Gasteiger partial charge on any atom is 0.118 e. The summed E-state index contributed by atoms with van der Waals surface area (Å²) in [7, 11) is 1.70. The van der Waals surface area contributed by atoms with Crippen LogP contribution in [0.25, 0.3) is 0 Å². The van der Waals surface area contributed by atoms with E-state index in [9.17, 15) is 5.11 Å². The molecular formula is C17H27NO2. The Hall–Kier alpha value is -1.06. The third kappa shape index (κ3) is 4.22. The second kappa shape index (κ2) is 7.65. The van der Waals surface area contributed by atoms with Crippen molar-refractivity contribution in [2.24, 2.45) is 5.92 Å². The van der Waals surface area contributed by atoms with E-state index in [1.807, 2.05) is 12.1 Å². The molecule has 1 fully saturated rings. The summed E-state index contributed by atoms with van der Waals surface area (Å²) in [5, 5.41) is 9.31. The zero-order valence-electron chi connectivity index (χ0n) is 12.7. The maximum absolute atomic E-state index is 9.31. The highest BCUT2D eigenvalue weighted by Crippen LogP contribution is 2.20. The van der Waals surface area contributed by atoms with E-state index in [0.29, 0.717) is 18.6 Å². The molecule has 1 aromatic rings. The van der Waals surface area contributed by atoms with E-state index in [1.165, 1.54) is 31.4 Å². The molecular weight excluding hydrogens is 250 g/mol. The van der Waals surface area contributed by atoms with Crippen LogP contribution >= 0.6 is 0 Å². The summed E-state index contributed by atoms with van der Waals surface area (Å²) in [5.74, 6) is 1.40. The highest BCUT2D eigenvalue weighted by Gasteiger charge is 2.22. The Balaban J connectivity index is 1.80. The molecule has 1 aliphatic rings. The molecule has 0 radical (unpaired) electrons. The Bertz CT molecular complexity index is 390. The molecule has 3 nitrogen and oxygen atoms in total. The maximum atomic E-state index is 9.31. The van der Waals surface area contributed by atoms with Gasteiger partial charge in [-0.25, -0.2) is 0 Å². The van der Waals surface area contributed by atoms with Crippen molar-refractivity contribution in [3.63, 3.8) is 0 Å². The highest BCUT2D eigenvalue weighted by atomic mass is 16.5. The monoisotopic (exact) mass is 277 g/mol. The van der Waals surface area contributed by atoms with Gasteiger partial charge in [-0.05, 0) is 62.8 Å². The molecule has 0 spiro atoms. The molecule has 1 saturated heterocycles. The summed E-state index contributed by atoms with van der Waals surface area (Å²) in [4.78, 5) is 2.54. The van der Waals surface area contributed by atoms with Crippen molar-refractivity contribution in [1.82, 2.24) is 4.90 Å². The van der Waals surface area contributed by atoms with Crippen LogP contribution in [0, 0.1) is 5.92 Å². The second-order valence-electron chi connectivity index (χ2n) is 5.92. The van der Waals surface area contributed by atoms with Crippen LogP contribution in [-0.2, 0) is 6.42 Å². The molecule has 0 aromatic heterocycles. The van der Waals surface area contributed by atoms with Gasteiger partial charge in [0, 0.05) is 19.2 Å².